The van der Waals surface area contributed by atoms with Crippen LogP contribution in [0.2, 0.25) is 0 Å². The summed E-state index contributed by atoms with van der Waals surface area (Å²) in [6.45, 7) is 12.8. The molecule has 114 valence electrons. The number of amides is 1. The predicted molar refractivity (Wildman–Crippen MR) is 82.0 cm³/mol. The number of carbonyl (C=O) groups excluding carboxylic acids is 1. The highest BCUT2D eigenvalue weighted by Crippen LogP contribution is 2.28. The van der Waals surface area contributed by atoms with E-state index in [0.29, 0.717) is 5.92 Å². The fourth-order valence-corrected chi connectivity index (χ4v) is 1.85. The molecule has 1 unspecified atom stereocenters. The molecule has 1 atom stereocenters. The average Bonchev–Trinajstić information content (AvgIpc) is 2.12. The van der Waals surface area contributed by atoms with E-state index in [1.54, 1.807) is 0 Å². The van der Waals surface area contributed by atoms with Gasteiger partial charge in [-0.1, -0.05) is 13.8 Å². The molecule has 3 N–H and O–H groups in total. The molecule has 0 fully saturated rings. The largest absolute Gasteiger partial charge is 0.352 e. The molecule has 0 radical (unpaired) electrons. The Hall–Kier alpha value is -0.610. The SMILES string of the molecule is CC(C)CC(CN(C)C)NC(=O)C(C)(C)C(C)(C)N. The van der Waals surface area contributed by atoms with Gasteiger partial charge in [0.05, 0.1) is 5.41 Å². The summed E-state index contributed by atoms with van der Waals surface area (Å²) in [5, 5.41) is 3.17. The fourth-order valence-electron chi connectivity index (χ4n) is 1.85. The first-order chi connectivity index (χ1) is 8.37. The lowest BCUT2D eigenvalue weighted by Crippen LogP contribution is -2.58. The number of nitrogens with two attached hydrogens (primary N) is 1. The van der Waals surface area contributed by atoms with Gasteiger partial charge in [0.25, 0.3) is 0 Å². The lowest BCUT2D eigenvalue weighted by molar-refractivity contribution is -0.133. The number of nitrogens with one attached hydrogen (secondary N) is 1. The summed E-state index contributed by atoms with van der Waals surface area (Å²) >= 11 is 0. The van der Waals surface area contributed by atoms with E-state index in [2.05, 4.69) is 24.1 Å². The molecule has 0 saturated heterocycles. The van der Waals surface area contributed by atoms with E-state index in [4.69, 9.17) is 5.73 Å². The minimum Gasteiger partial charge on any atom is -0.352 e. The summed E-state index contributed by atoms with van der Waals surface area (Å²) in [6, 6.07) is 0.170. The number of hydrogen-bond acceptors (Lipinski definition) is 3. The van der Waals surface area contributed by atoms with Gasteiger partial charge in [-0.15, -0.1) is 0 Å². The van der Waals surface area contributed by atoms with Gasteiger partial charge in [-0.25, -0.2) is 0 Å². The van der Waals surface area contributed by atoms with Gasteiger partial charge in [-0.05, 0) is 54.1 Å². The van der Waals surface area contributed by atoms with E-state index in [9.17, 15) is 4.79 Å². The van der Waals surface area contributed by atoms with Gasteiger partial charge >= 0.3 is 0 Å². The van der Waals surface area contributed by atoms with Crippen LogP contribution in [0.3, 0.4) is 0 Å². The van der Waals surface area contributed by atoms with Gasteiger partial charge in [-0.3, -0.25) is 4.79 Å². The Labute approximate surface area is 119 Å². The van der Waals surface area contributed by atoms with Crippen molar-refractivity contribution < 1.29 is 4.79 Å². The van der Waals surface area contributed by atoms with Crippen LogP contribution in [0.5, 0.6) is 0 Å². The van der Waals surface area contributed by atoms with Crippen molar-refractivity contribution in [3.05, 3.63) is 0 Å². The molecule has 0 aromatic carbocycles. The van der Waals surface area contributed by atoms with Crippen molar-refractivity contribution in [1.82, 2.24) is 10.2 Å². The molecule has 1 amide bonds. The van der Waals surface area contributed by atoms with Crippen LogP contribution in [0.1, 0.15) is 48.0 Å². The van der Waals surface area contributed by atoms with Gasteiger partial charge in [0.15, 0.2) is 0 Å². The van der Waals surface area contributed by atoms with Crippen molar-refractivity contribution in [2.24, 2.45) is 17.1 Å². The number of hydrogen-bond donors (Lipinski definition) is 2. The summed E-state index contributed by atoms with van der Waals surface area (Å²) in [5.41, 5.74) is 4.99. The van der Waals surface area contributed by atoms with Gasteiger partial charge in [0, 0.05) is 18.1 Å². The van der Waals surface area contributed by atoms with Crippen molar-refractivity contribution in [1.29, 1.82) is 0 Å². The number of nitrogens with zero attached hydrogens (tertiary/aromatic N) is 1. The average molecular weight is 271 g/mol. The van der Waals surface area contributed by atoms with Gasteiger partial charge < -0.3 is 16.0 Å². The summed E-state index contributed by atoms with van der Waals surface area (Å²) < 4.78 is 0. The predicted octanol–water partition coefficient (Wildman–Crippen LogP) is 1.84. The van der Waals surface area contributed by atoms with Crippen LogP contribution in [0, 0.1) is 11.3 Å². The van der Waals surface area contributed by atoms with Crippen LogP contribution in [0.25, 0.3) is 0 Å². The zero-order valence-corrected chi connectivity index (χ0v) is 14.0. The highest BCUT2D eigenvalue weighted by molar-refractivity contribution is 5.83. The molecule has 19 heavy (non-hydrogen) atoms. The molecular weight excluding hydrogens is 238 g/mol. The third kappa shape index (κ3) is 5.91. The monoisotopic (exact) mass is 271 g/mol. The first-order valence-electron chi connectivity index (χ1n) is 7.12. The minimum absolute atomic E-state index is 0.0347. The number of rotatable bonds is 7. The minimum atomic E-state index is -0.589. The van der Waals surface area contributed by atoms with E-state index < -0.39 is 11.0 Å². The first kappa shape index (κ1) is 18.4. The van der Waals surface area contributed by atoms with Crippen LogP contribution in [-0.2, 0) is 4.79 Å². The molecule has 0 aromatic rings. The summed E-state index contributed by atoms with van der Waals surface area (Å²) in [7, 11) is 4.05. The molecule has 0 heterocycles. The molecule has 0 aliphatic rings. The quantitative estimate of drug-likeness (QED) is 0.743. The van der Waals surface area contributed by atoms with E-state index in [0.717, 1.165) is 13.0 Å². The maximum absolute atomic E-state index is 12.5. The van der Waals surface area contributed by atoms with Crippen molar-refractivity contribution in [3.63, 3.8) is 0 Å². The second-order valence-corrected chi connectivity index (χ2v) is 7.41. The summed E-state index contributed by atoms with van der Waals surface area (Å²) in [4.78, 5) is 14.6. The third-order valence-corrected chi connectivity index (χ3v) is 3.86. The Morgan fingerprint density at radius 1 is 1.21 bits per heavy atom. The zero-order chi connectivity index (χ0) is 15.4. The van der Waals surface area contributed by atoms with Crippen molar-refractivity contribution in [2.75, 3.05) is 20.6 Å². The van der Waals surface area contributed by atoms with E-state index in [1.165, 1.54) is 0 Å². The van der Waals surface area contributed by atoms with Crippen LogP contribution in [0.4, 0.5) is 0 Å². The fraction of sp³-hybridized carbons (Fsp3) is 0.933. The van der Waals surface area contributed by atoms with E-state index >= 15 is 0 Å². The molecular formula is C15H33N3O. The van der Waals surface area contributed by atoms with Crippen molar-refractivity contribution >= 4 is 5.91 Å². The van der Waals surface area contributed by atoms with Gasteiger partial charge in [0.2, 0.25) is 5.91 Å². The summed E-state index contributed by atoms with van der Waals surface area (Å²) in [6.07, 6.45) is 0.977. The molecule has 0 bridgehead atoms. The van der Waals surface area contributed by atoms with Gasteiger partial charge in [0.1, 0.15) is 0 Å². The second kappa shape index (κ2) is 6.71. The lowest BCUT2D eigenvalue weighted by Gasteiger charge is -2.38. The maximum atomic E-state index is 12.5. The maximum Gasteiger partial charge on any atom is 0.227 e. The lowest BCUT2D eigenvalue weighted by atomic mass is 9.74. The first-order valence-corrected chi connectivity index (χ1v) is 7.12. The highest BCUT2D eigenvalue weighted by atomic mass is 16.2. The second-order valence-electron chi connectivity index (χ2n) is 7.41. The topological polar surface area (TPSA) is 58.4 Å². The Kier molecular flexibility index (Phi) is 6.49. The van der Waals surface area contributed by atoms with Crippen LogP contribution in [-0.4, -0.2) is 43.0 Å². The molecule has 4 heteroatoms. The normalized spacial score (nSPS) is 14.9. The molecule has 0 saturated carbocycles. The summed E-state index contributed by atoms with van der Waals surface area (Å²) in [5.74, 6) is 0.590. The Bertz CT molecular complexity index is 280. The standard InChI is InChI=1S/C15H33N3O/c1-11(2)9-12(10-18(7)8)17-13(19)14(3,4)15(5,6)16/h11-12H,9-10,16H2,1-8H3,(H,17,19). The van der Waals surface area contributed by atoms with Crippen molar-refractivity contribution in [2.45, 2.75) is 59.5 Å². The zero-order valence-electron chi connectivity index (χ0n) is 14.0. The Balaban J connectivity index is 4.80. The number of carbonyl (C=O) groups is 1. The van der Waals surface area contributed by atoms with Gasteiger partial charge in [-0.2, -0.15) is 0 Å². The molecule has 0 rings (SSSR count). The van der Waals surface area contributed by atoms with Crippen LogP contribution < -0.4 is 11.1 Å². The third-order valence-electron chi connectivity index (χ3n) is 3.86. The van der Waals surface area contributed by atoms with Crippen molar-refractivity contribution in [3.8, 4) is 0 Å². The molecule has 0 aliphatic carbocycles. The van der Waals surface area contributed by atoms with Crippen LogP contribution in [0.15, 0.2) is 0 Å². The Morgan fingerprint density at radius 3 is 2.00 bits per heavy atom. The number of likely N-dealkylation sites (N-methyl/N-ethyl adjacent to an activating group) is 1. The van der Waals surface area contributed by atoms with Crippen LogP contribution >= 0.6 is 0 Å². The molecule has 0 spiro atoms. The van der Waals surface area contributed by atoms with E-state index in [1.807, 2.05) is 41.8 Å². The Morgan fingerprint density at radius 2 is 1.68 bits per heavy atom. The molecule has 0 aromatic heterocycles. The smallest absolute Gasteiger partial charge is 0.227 e. The highest BCUT2D eigenvalue weighted by Gasteiger charge is 2.41. The molecule has 4 nitrogen and oxygen atoms in total. The van der Waals surface area contributed by atoms with E-state index in [-0.39, 0.29) is 11.9 Å². The molecule has 0 aliphatic heterocycles.